The highest BCUT2D eigenvalue weighted by atomic mass is 32.1. The number of nitrogens with two attached hydrogens (primary N) is 2. The van der Waals surface area contributed by atoms with Crippen molar-refractivity contribution in [2.45, 2.75) is 25.5 Å². The molecule has 2 atom stereocenters. The lowest BCUT2D eigenvalue weighted by Gasteiger charge is -2.16. The Morgan fingerprint density at radius 3 is 2.40 bits per heavy atom. The van der Waals surface area contributed by atoms with Gasteiger partial charge >= 0.3 is 5.97 Å². The van der Waals surface area contributed by atoms with Crippen LogP contribution in [0.5, 0.6) is 0 Å². The molecule has 0 heterocycles. The molecular formula is C8H14N2O3S2. The maximum atomic E-state index is 11.3. The van der Waals surface area contributed by atoms with Crippen LogP contribution >= 0.6 is 24.8 Å². The van der Waals surface area contributed by atoms with Gasteiger partial charge in [0.2, 0.25) is 6.10 Å². The van der Waals surface area contributed by atoms with Crippen molar-refractivity contribution >= 4 is 41.6 Å². The van der Waals surface area contributed by atoms with E-state index in [0.717, 1.165) is 0 Å². The normalized spacial score (nSPS) is 14.1. The minimum atomic E-state index is -1.18. The molecule has 7 heteroatoms. The predicted octanol–water partition coefficient (Wildman–Crippen LogP) is -0.579. The van der Waals surface area contributed by atoms with Crippen molar-refractivity contribution in [1.29, 1.82) is 0 Å². The van der Waals surface area contributed by atoms with Crippen LogP contribution < -0.4 is 11.5 Å². The van der Waals surface area contributed by atoms with E-state index in [1.165, 1.54) is 6.92 Å². The summed E-state index contributed by atoms with van der Waals surface area (Å²) >= 11 is 8.51. The van der Waals surface area contributed by atoms with Gasteiger partial charge in [-0.2, -0.15) is 12.6 Å². The standard InChI is InChI=1S/C8H14N2O3S2/c1-4(11)6(7(10)15)13-8(12)5(9)2-3-14/h5-6,14H,2-3,9H2,1H3,(H2,10,15)/t5-,6?/m1/s1. The van der Waals surface area contributed by atoms with Crippen molar-refractivity contribution in [1.82, 2.24) is 0 Å². The Kier molecular flexibility index (Phi) is 6.46. The molecule has 0 aromatic heterocycles. The molecule has 0 radical (unpaired) electrons. The van der Waals surface area contributed by atoms with Crippen molar-refractivity contribution in [2.75, 3.05) is 5.75 Å². The third kappa shape index (κ3) is 5.10. The molecule has 0 aromatic rings. The molecule has 0 aromatic carbocycles. The lowest BCUT2D eigenvalue weighted by Crippen LogP contribution is -2.42. The number of hydrogen-bond donors (Lipinski definition) is 3. The highest BCUT2D eigenvalue weighted by Gasteiger charge is 2.25. The number of esters is 1. The van der Waals surface area contributed by atoms with Crippen LogP contribution in [0.15, 0.2) is 0 Å². The predicted molar refractivity (Wildman–Crippen MR) is 63.8 cm³/mol. The van der Waals surface area contributed by atoms with E-state index in [4.69, 9.17) is 16.2 Å². The molecule has 0 amide bonds. The first-order valence-corrected chi connectivity index (χ1v) is 5.31. The first kappa shape index (κ1) is 14.3. The van der Waals surface area contributed by atoms with Crippen LogP contribution in [0.25, 0.3) is 0 Å². The van der Waals surface area contributed by atoms with Crippen molar-refractivity contribution < 1.29 is 14.3 Å². The monoisotopic (exact) mass is 250 g/mol. The summed E-state index contributed by atoms with van der Waals surface area (Å²) in [6, 6.07) is -0.807. The summed E-state index contributed by atoms with van der Waals surface area (Å²) < 4.78 is 4.77. The number of thiocarbonyl (C=S) groups is 1. The third-order valence-corrected chi connectivity index (χ3v) is 2.08. The minimum absolute atomic E-state index is 0.172. The van der Waals surface area contributed by atoms with E-state index in [-0.39, 0.29) is 4.99 Å². The van der Waals surface area contributed by atoms with Crippen LogP contribution in [0.3, 0.4) is 0 Å². The summed E-state index contributed by atoms with van der Waals surface area (Å²) in [4.78, 5) is 22.1. The fourth-order valence-corrected chi connectivity index (χ4v) is 1.29. The highest BCUT2D eigenvalue weighted by Crippen LogP contribution is 2.00. The van der Waals surface area contributed by atoms with Crippen LogP contribution in [-0.2, 0) is 14.3 Å². The van der Waals surface area contributed by atoms with Gasteiger partial charge in [0, 0.05) is 0 Å². The SMILES string of the molecule is CC(=O)C(OC(=O)[C@H](N)CCS)C(N)=S. The van der Waals surface area contributed by atoms with Gasteiger partial charge in [0.05, 0.1) is 0 Å². The van der Waals surface area contributed by atoms with Gasteiger partial charge in [-0.15, -0.1) is 0 Å². The number of ether oxygens (including phenoxy) is 1. The summed E-state index contributed by atoms with van der Waals surface area (Å²) in [5.41, 5.74) is 10.7. The Balaban J connectivity index is 4.35. The Bertz CT molecular complexity index is 257. The number of carbonyl (C=O) groups is 2. The molecule has 0 bridgehead atoms. The summed E-state index contributed by atoms with van der Waals surface area (Å²) in [5, 5.41) is 0. The molecule has 0 saturated heterocycles. The van der Waals surface area contributed by atoms with Gasteiger partial charge in [-0.3, -0.25) is 9.59 Å². The number of thiol groups is 1. The smallest absolute Gasteiger partial charge is 0.324 e. The van der Waals surface area contributed by atoms with Crippen LogP contribution in [0, 0.1) is 0 Å². The number of rotatable bonds is 6. The number of carbonyl (C=O) groups excluding carboxylic acids is 2. The Labute approximate surface area is 98.9 Å². The van der Waals surface area contributed by atoms with Gasteiger partial charge in [0.15, 0.2) is 5.78 Å². The molecule has 0 rings (SSSR count). The Morgan fingerprint density at radius 2 is 2.07 bits per heavy atom. The molecule has 0 saturated carbocycles. The second kappa shape index (κ2) is 6.76. The molecule has 0 aliphatic carbocycles. The van der Waals surface area contributed by atoms with E-state index in [9.17, 15) is 9.59 Å². The summed E-state index contributed by atoms with van der Waals surface area (Å²) in [6.07, 6.45) is -0.817. The molecule has 5 nitrogen and oxygen atoms in total. The van der Waals surface area contributed by atoms with Crippen LogP contribution in [0.4, 0.5) is 0 Å². The first-order valence-electron chi connectivity index (χ1n) is 4.26. The lowest BCUT2D eigenvalue weighted by atomic mass is 10.2. The zero-order chi connectivity index (χ0) is 12.0. The second-order valence-electron chi connectivity index (χ2n) is 2.95. The molecule has 15 heavy (non-hydrogen) atoms. The maximum absolute atomic E-state index is 11.3. The Morgan fingerprint density at radius 1 is 1.53 bits per heavy atom. The average Bonchev–Trinajstić information content (AvgIpc) is 2.12. The van der Waals surface area contributed by atoms with Gasteiger partial charge in [-0.05, 0) is 19.1 Å². The van der Waals surface area contributed by atoms with E-state index in [2.05, 4.69) is 24.8 Å². The van der Waals surface area contributed by atoms with Gasteiger partial charge in [0.1, 0.15) is 11.0 Å². The number of Topliss-reactive ketones (excluding diaryl/α,β-unsaturated/α-hetero) is 1. The molecular weight excluding hydrogens is 236 g/mol. The minimum Gasteiger partial charge on any atom is -0.446 e. The Hall–Kier alpha value is -0.660. The van der Waals surface area contributed by atoms with Gasteiger partial charge in [-0.25, -0.2) is 0 Å². The van der Waals surface area contributed by atoms with E-state index >= 15 is 0 Å². The van der Waals surface area contributed by atoms with E-state index in [1.54, 1.807) is 0 Å². The lowest BCUT2D eigenvalue weighted by molar-refractivity contribution is -0.151. The molecule has 0 spiro atoms. The van der Waals surface area contributed by atoms with Crippen molar-refractivity contribution in [3.8, 4) is 0 Å². The van der Waals surface area contributed by atoms with Crippen LogP contribution in [-0.4, -0.2) is 34.6 Å². The van der Waals surface area contributed by atoms with Crippen LogP contribution in [0.2, 0.25) is 0 Å². The van der Waals surface area contributed by atoms with Gasteiger partial charge in [0.25, 0.3) is 0 Å². The zero-order valence-electron chi connectivity index (χ0n) is 8.30. The zero-order valence-corrected chi connectivity index (χ0v) is 10.0. The van der Waals surface area contributed by atoms with E-state index in [1.807, 2.05) is 0 Å². The molecule has 4 N–H and O–H groups in total. The topological polar surface area (TPSA) is 95.4 Å². The first-order chi connectivity index (χ1) is 6.90. The average molecular weight is 250 g/mol. The van der Waals surface area contributed by atoms with Gasteiger partial charge < -0.3 is 16.2 Å². The highest BCUT2D eigenvalue weighted by molar-refractivity contribution is 7.80. The molecule has 0 fully saturated rings. The van der Waals surface area contributed by atoms with E-state index in [0.29, 0.717) is 12.2 Å². The second-order valence-corrected chi connectivity index (χ2v) is 3.87. The molecule has 0 aliphatic rings. The van der Waals surface area contributed by atoms with E-state index < -0.39 is 23.9 Å². The van der Waals surface area contributed by atoms with Gasteiger partial charge in [-0.1, -0.05) is 12.2 Å². The quantitative estimate of drug-likeness (QED) is 0.332. The largest absolute Gasteiger partial charge is 0.446 e. The summed E-state index contributed by atoms with van der Waals surface area (Å²) in [7, 11) is 0. The van der Waals surface area contributed by atoms with Crippen LogP contribution in [0.1, 0.15) is 13.3 Å². The molecule has 86 valence electrons. The molecule has 0 aliphatic heterocycles. The van der Waals surface area contributed by atoms with Crippen molar-refractivity contribution in [3.05, 3.63) is 0 Å². The summed E-state index contributed by atoms with van der Waals surface area (Å²) in [5.74, 6) is -0.667. The number of hydrogen-bond acceptors (Lipinski definition) is 6. The molecule has 1 unspecified atom stereocenters. The van der Waals surface area contributed by atoms with Crippen molar-refractivity contribution in [3.63, 3.8) is 0 Å². The van der Waals surface area contributed by atoms with Crippen molar-refractivity contribution in [2.24, 2.45) is 11.5 Å². The third-order valence-electron chi connectivity index (χ3n) is 1.60. The summed E-state index contributed by atoms with van der Waals surface area (Å²) in [6.45, 7) is 1.24. The fourth-order valence-electron chi connectivity index (χ4n) is 0.802. The fraction of sp³-hybridized carbons (Fsp3) is 0.625. The number of ketones is 1. The maximum Gasteiger partial charge on any atom is 0.324 e.